The van der Waals surface area contributed by atoms with Gasteiger partial charge in [-0.25, -0.2) is 0 Å². The Balaban J connectivity index is 2.12. The highest BCUT2D eigenvalue weighted by molar-refractivity contribution is 5.67. The first-order valence-electron chi connectivity index (χ1n) is 5.44. The lowest BCUT2D eigenvalue weighted by atomic mass is 10.1. The highest BCUT2D eigenvalue weighted by Crippen LogP contribution is 2.25. The first kappa shape index (κ1) is 10.3. The predicted molar refractivity (Wildman–Crippen MR) is 63.1 cm³/mol. The van der Waals surface area contributed by atoms with Gasteiger partial charge in [-0.2, -0.15) is 0 Å². The fourth-order valence-electron chi connectivity index (χ4n) is 2.03. The maximum absolute atomic E-state index is 5.95. The second kappa shape index (κ2) is 4.53. The van der Waals surface area contributed by atoms with Gasteiger partial charge in [0, 0.05) is 13.7 Å². The van der Waals surface area contributed by atoms with Crippen LogP contribution in [0.4, 0.5) is 11.4 Å². The van der Waals surface area contributed by atoms with Gasteiger partial charge in [0.1, 0.15) is 0 Å². The molecule has 0 bridgehead atoms. The normalized spacial score (nSPS) is 21.3. The number of likely N-dealkylation sites (N-methyl/N-ethyl adjacent to an activating group) is 1. The van der Waals surface area contributed by atoms with Crippen LogP contribution in [0, 0.1) is 0 Å². The third-order valence-electron chi connectivity index (χ3n) is 3.00. The van der Waals surface area contributed by atoms with Gasteiger partial charge in [-0.3, -0.25) is 0 Å². The zero-order chi connectivity index (χ0) is 10.7. The molecule has 0 amide bonds. The van der Waals surface area contributed by atoms with Gasteiger partial charge in [0.25, 0.3) is 0 Å². The van der Waals surface area contributed by atoms with E-state index >= 15 is 0 Å². The number of nitrogens with zero attached hydrogens (tertiary/aromatic N) is 1. The summed E-state index contributed by atoms with van der Waals surface area (Å²) in [6.45, 7) is 1.71. The van der Waals surface area contributed by atoms with Crippen molar-refractivity contribution >= 4 is 11.4 Å². The molecule has 82 valence electrons. The number of hydrogen-bond acceptors (Lipinski definition) is 3. The molecular formula is C12H18N2O. The van der Waals surface area contributed by atoms with Crippen LogP contribution in [0.3, 0.4) is 0 Å². The molecule has 1 heterocycles. The van der Waals surface area contributed by atoms with Crippen LogP contribution in [-0.4, -0.2) is 26.3 Å². The molecule has 1 aromatic carbocycles. The van der Waals surface area contributed by atoms with Crippen LogP contribution in [0.2, 0.25) is 0 Å². The van der Waals surface area contributed by atoms with Crippen LogP contribution in [0.1, 0.15) is 12.8 Å². The summed E-state index contributed by atoms with van der Waals surface area (Å²) in [6.07, 6.45) is 2.33. The average Bonchev–Trinajstić information content (AvgIpc) is 2.30. The first-order valence-corrected chi connectivity index (χ1v) is 5.44. The molecular weight excluding hydrogens is 188 g/mol. The van der Waals surface area contributed by atoms with Crippen LogP contribution in [0.15, 0.2) is 24.3 Å². The van der Waals surface area contributed by atoms with Gasteiger partial charge in [-0.1, -0.05) is 12.1 Å². The molecule has 0 radical (unpaired) electrons. The highest BCUT2D eigenvalue weighted by atomic mass is 16.5. The number of nitrogen functional groups attached to an aromatic ring is 1. The smallest absolute Gasteiger partial charge is 0.0669 e. The van der Waals surface area contributed by atoms with Crippen molar-refractivity contribution in [3.05, 3.63) is 24.3 Å². The highest BCUT2D eigenvalue weighted by Gasteiger charge is 2.19. The van der Waals surface area contributed by atoms with Gasteiger partial charge in [0.05, 0.1) is 24.0 Å². The van der Waals surface area contributed by atoms with E-state index in [1.54, 1.807) is 0 Å². The molecule has 0 aromatic heterocycles. The Morgan fingerprint density at radius 3 is 2.87 bits per heavy atom. The molecule has 0 aliphatic carbocycles. The molecule has 15 heavy (non-hydrogen) atoms. The van der Waals surface area contributed by atoms with E-state index in [0.717, 1.165) is 31.0 Å². The summed E-state index contributed by atoms with van der Waals surface area (Å²) >= 11 is 0. The zero-order valence-electron chi connectivity index (χ0n) is 9.15. The number of anilines is 2. The third-order valence-corrected chi connectivity index (χ3v) is 3.00. The van der Waals surface area contributed by atoms with E-state index in [2.05, 4.69) is 18.0 Å². The SMILES string of the molecule is CN(c1ccccc1N)C1CCCOC1. The summed E-state index contributed by atoms with van der Waals surface area (Å²) in [5.41, 5.74) is 7.89. The number of hydrogen-bond donors (Lipinski definition) is 1. The average molecular weight is 206 g/mol. The predicted octanol–water partition coefficient (Wildman–Crippen LogP) is 1.88. The Morgan fingerprint density at radius 1 is 1.40 bits per heavy atom. The second-order valence-electron chi connectivity index (χ2n) is 4.04. The van der Waals surface area contributed by atoms with Crippen molar-refractivity contribution in [2.75, 3.05) is 30.9 Å². The van der Waals surface area contributed by atoms with Crippen molar-refractivity contribution in [2.45, 2.75) is 18.9 Å². The van der Waals surface area contributed by atoms with Gasteiger partial charge in [0.2, 0.25) is 0 Å². The van der Waals surface area contributed by atoms with E-state index in [4.69, 9.17) is 10.5 Å². The first-order chi connectivity index (χ1) is 7.29. The lowest BCUT2D eigenvalue weighted by Crippen LogP contribution is -2.38. The minimum absolute atomic E-state index is 0.462. The fraction of sp³-hybridized carbons (Fsp3) is 0.500. The molecule has 1 aliphatic rings. The molecule has 3 nitrogen and oxygen atoms in total. The Bertz CT molecular complexity index is 321. The van der Waals surface area contributed by atoms with Crippen molar-refractivity contribution in [3.8, 4) is 0 Å². The number of benzene rings is 1. The summed E-state index contributed by atoms with van der Waals surface area (Å²) < 4.78 is 5.48. The van der Waals surface area contributed by atoms with E-state index in [-0.39, 0.29) is 0 Å². The van der Waals surface area contributed by atoms with Crippen LogP contribution in [0.25, 0.3) is 0 Å². The third kappa shape index (κ3) is 2.23. The lowest BCUT2D eigenvalue weighted by molar-refractivity contribution is 0.0807. The topological polar surface area (TPSA) is 38.5 Å². The van der Waals surface area contributed by atoms with Crippen molar-refractivity contribution in [1.82, 2.24) is 0 Å². The molecule has 0 spiro atoms. The molecule has 1 unspecified atom stereocenters. The molecule has 1 fully saturated rings. The Morgan fingerprint density at radius 2 is 2.20 bits per heavy atom. The second-order valence-corrected chi connectivity index (χ2v) is 4.04. The summed E-state index contributed by atoms with van der Waals surface area (Å²) in [5.74, 6) is 0. The van der Waals surface area contributed by atoms with Crippen molar-refractivity contribution in [1.29, 1.82) is 0 Å². The quantitative estimate of drug-likeness (QED) is 0.751. The number of ether oxygens (including phenoxy) is 1. The number of nitrogens with two attached hydrogens (primary N) is 1. The molecule has 1 aliphatic heterocycles. The summed E-state index contributed by atoms with van der Waals surface area (Å²) in [4.78, 5) is 2.23. The van der Waals surface area contributed by atoms with Gasteiger partial charge in [-0.05, 0) is 25.0 Å². The van der Waals surface area contributed by atoms with E-state index in [1.165, 1.54) is 6.42 Å². The monoisotopic (exact) mass is 206 g/mol. The van der Waals surface area contributed by atoms with E-state index < -0.39 is 0 Å². The Kier molecular flexibility index (Phi) is 3.11. The fourth-order valence-corrected chi connectivity index (χ4v) is 2.03. The Hall–Kier alpha value is -1.22. The minimum atomic E-state index is 0.462. The standard InChI is InChI=1S/C12H18N2O/c1-14(10-5-4-8-15-9-10)12-7-3-2-6-11(12)13/h2-3,6-7,10H,4-5,8-9,13H2,1H3. The van der Waals surface area contributed by atoms with Crippen molar-refractivity contribution in [3.63, 3.8) is 0 Å². The van der Waals surface area contributed by atoms with Crippen LogP contribution in [0.5, 0.6) is 0 Å². The van der Waals surface area contributed by atoms with E-state index in [9.17, 15) is 0 Å². The molecule has 2 rings (SSSR count). The van der Waals surface area contributed by atoms with E-state index in [0.29, 0.717) is 6.04 Å². The van der Waals surface area contributed by atoms with Gasteiger partial charge in [0.15, 0.2) is 0 Å². The molecule has 1 saturated heterocycles. The van der Waals surface area contributed by atoms with Crippen LogP contribution < -0.4 is 10.6 Å². The number of rotatable bonds is 2. The lowest BCUT2D eigenvalue weighted by Gasteiger charge is -2.33. The molecule has 1 aromatic rings. The molecule has 1 atom stereocenters. The molecule has 0 saturated carbocycles. The maximum atomic E-state index is 5.95. The van der Waals surface area contributed by atoms with Crippen LogP contribution in [-0.2, 0) is 4.74 Å². The largest absolute Gasteiger partial charge is 0.397 e. The van der Waals surface area contributed by atoms with Crippen molar-refractivity contribution in [2.24, 2.45) is 0 Å². The van der Waals surface area contributed by atoms with Crippen LogP contribution >= 0.6 is 0 Å². The summed E-state index contributed by atoms with van der Waals surface area (Å²) in [6, 6.07) is 8.44. The zero-order valence-corrected chi connectivity index (χ0v) is 9.15. The van der Waals surface area contributed by atoms with Gasteiger partial charge >= 0.3 is 0 Å². The number of para-hydroxylation sites is 2. The molecule has 2 N–H and O–H groups in total. The Labute approximate surface area is 90.8 Å². The maximum Gasteiger partial charge on any atom is 0.0669 e. The summed E-state index contributed by atoms with van der Waals surface area (Å²) in [7, 11) is 2.09. The summed E-state index contributed by atoms with van der Waals surface area (Å²) in [5, 5.41) is 0. The minimum Gasteiger partial charge on any atom is -0.397 e. The molecule has 3 heteroatoms. The van der Waals surface area contributed by atoms with Gasteiger partial charge in [-0.15, -0.1) is 0 Å². The van der Waals surface area contributed by atoms with Gasteiger partial charge < -0.3 is 15.4 Å². The van der Waals surface area contributed by atoms with E-state index in [1.807, 2.05) is 18.2 Å². The van der Waals surface area contributed by atoms with Crippen molar-refractivity contribution < 1.29 is 4.74 Å².